The molecule has 27 heavy (non-hydrogen) atoms. The molecule has 1 N–H and O–H groups in total. The van der Waals surface area contributed by atoms with E-state index in [0.717, 1.165) is 0 Å². The second kappa shape index (κ2) is 8.54. The van der Waals surface area contributed by atoms with Gasteiger partial charge in [-0.2, -0.15) is 0 Å². The normalized spacial score (nSPS) is 16.9. The van der Waals surface area contributed by atoms with Gasteiger partial charge in [-0.05, 0) is 26.7 Å². The van der Waals surface area contributed by atoms with Gasteiger partial charge in [0.2, 0.25) is 11.8 Å². The third-order valence-electron chi connectivity index (χ3n) is 4.67. The molecule has 2 rings (SSSR count). The van der Waals surface area contributed by atoms with Crippen LogP contribution in [0.25, 0.3) is 0 Å². The number of piperidine rings is 1. The van der Waals surface area contributed by atoms with Gasteiger partial charge in [0.1, 0.15) is 12.1 Å². The molecule has 0 unspecified atom stereocenters. The molecule has 2 amide bonds. The fourth-order valence-electron chi connectivity index (χ4n) is 3.42. The van der Waals surface area contributed by atoms with E-state index in [0.29, 0.717) is 31.8 Å². The summed E-state index contributed by atoms with van der Waals surface area (Å²) in [6, 6.07) is -0.708. The Morgan fingerprint density at radius 1 is 1.26 bits per heavy atom. The Morgan fingerprint density at radius 2 is 1.89 bits per heavy atom. The SMILES string of the molecule is CC(C)[C@@H](C(=O)N1CCC(Oc2cnccn2)CC1)N(C(=O)O)C(C)(C)C. The van der Waals surface area contributed by atoms with Gasteiger partial charge in [-0.15, -0.1) is 0 Å². The number of amides is 2. The van der Waals surface area contributed by atoms with E-state index in [-0.39, 0.29) is 17.9 Å². The molecule has 1 atom stereocenters. The van der Waals surface area contributed by atoms with E-state index >= 15 is 0 Å². The fourth-order valence-corrected chi connectivity index (χ4v) is 3.42. The minimum Gasteiger partial charge on any atom is -0.473 e. The van der Waals surface area contributed by atoms with Crippen molar-refractivity contribution in [2.45, 2.75) is 65.1 Å². The fraction of sp³-hybridized carbons (Fsp3) is 0.684. The van der Waals surface area contributed by atoms with Gasteiger partial charge in [-0.1, -0.05) is 13.8 Å². The Labute approximate surface area is 160 Å². The van der Waals surface area contributed by atoms with E-state index in [4.69, 9.17) is 4.74 Å². The van der Waals surface area contributed by atoms with Crippen LogP contribution in [0.1, 0.15) is 47.5 Å². The predicted octanol–water partition coefficient (Wildman–Crippen LogP) is 2.65. The summed E-state index contributed by atoms with van der Waals surface area (Å²) in [5, 5.41) is 9.70. The lowest BCUT2D eigenvalue weighted by Crippen LogP contribution is -2.60. The average molecular weight is 378 g/mol. The molecule has 1 saturated heterocycles. The van der Waals surface area contributed by atoms with Crippen LogP contribution in [0.4, 0.5) is 4.79 Å². The van der Waals surface area contributed by atoms with E-state index in [1.54, 1.807) is 23.5 Å². The first-order valence-electron chi connectivity index (χ1n) is 9.35. The van der Waals surface area contributed by atoms with E-state index in [9.17, 15) is 14.7 Å². The number of likely N-dealkylation sites (tertiary alicyclic amines) is 1. The lowest BCUT2D eigenvalue weighted by atomic mass is 9.94. The maximum Gasteiger partial charge on any atom is 0.408 e. The van der Waals surface area contributed by atoms with Gasteiger partial charge in [0.25, 0.3) is 0 Å². The molecule has 0 bridgehead atoms. The first-order valence-corrected chi connectivity index (χ1v) is 9.35. The Balaban J connectivity index is 2.04. The Hall–Kier alpha value is -2.38. The number of carbonyl (C=O) groups excluding carboxylic acids is 1. The largest absolute Gasteiger partial charge is 0.473 e. The minimum atomic E-state index is -1.07. The zero-order valence-electron chi connectivity index (χ0n) is 16.8. The molecule has 1 aliphatic rings. The minimum absolute atomic E-state index is 0.0264. The molecule has 0 radical (unpaired) electrons. The van der Waals surface area contributed by atoms with Gasteiger partial charge in [0, 0.05) is 43.9 Å². The van der Waals surface area contributed by atoms with Gasteiger partial charge in [-0.25, -0.2) is 9.78 Å². The highest BCUT2D eigenvalue weighted by atomic mass is 16.5. The number of nitrogens with zero attached hydrogens (tertiary/aromatic N) is 4. The van der Waals surface area contributed by atoms with Crippen molar-refractivity contribution < 1.29 is 19.4 Å². The summed E-state index contributed by atoms with van der Waals surface area (Å²) in [6.07, 6.45) is 4.99. The molecule has 0 spiro atoms. The van der Waals surface area contributed by atoms with Crippen molar-refractivity contribution >= 4 is 12.0 Å². The van der Waals surface area contributed by atoms with Gasteiger partial charge in [0.15, 0.2) is 0 Å². The van der Waals surface area contributed by atoms with Crippen LogP contribution in [-0.2, 0) is 4.79 Å². The van der Waals surface area contributed by atoms with Gasteiger partial charge in [0.05, 0.1) is 6.20 Å². The number of ether oxygens (including phenoxy) is 1. The van der Waals surface area contributed by atoms with Gasteiger partial charge >= 0.3 is 6.09 Å². The van der Waals surface area contributed by atoms with Crippen molar-refractivity contribution in [1.29, 1.82) is 0 Å². The van der Waals surface area contributed by atoms with E-state index in [2.05, 4.69) is 9.97 Å². The Kier molecular flexibility index (Phi) is 6.62. The van der Waals surface area contributed by atoms with Gasteiger partial charge < -0.3 is 14.7 Å². The van der Waals surface area contributed by atoms with Crippen molar-refractivity contribution in [3.63, 3.8) is 0 Å². The van der Waals surface area contributed by atoms with E-state index in [1.807, 2.05) is 34.6 Å². The molecule has 1 aromatic heterocycles. The molecule has 1 fully saturated rings. The van der Waals surface area contributed by atoms with Crippen LogP contribution in [0.5, 0.6) is 5.88 Å². The third kappa shape index (κ3) is 5.30. The molecule has 8 heteroatoms. The van der Waals surface area contributed by atoms with Crippen LogP contribution in [0.2, 0.25) is 0 Å². The summed E-state index contributed by atoms with van der Waals surface area (Å²) < 4.78 is 5.82. The zero-order chi connectivity index (χ0) is 20.2. The second-order valence-corrected chi connectivity index (χ2v) is 8.20. The molecule has 150 valence electrons. The van der Waals surface area contributed by atoms with Crippen LogP contribution >= 0.6 is 0 Å². The van der Waals surface area contributed by atoms with Crippen molar-refractivity contribution in [3.05, 3.63) is 18.6 Å². The summed E-state index contributed by atoms with van der Waals surface area (Å²) >= 11 is 0. The van der Waals surface area contributed by atoms with Crippen LogP contribution < -0.4 is 4.74 Å². The van der Waals surface area contributed by atoms with Crippen LogP contribution in [0, 0.1) is 5.92 Å². The predicted molar refractivity (Wildman–Crippen MR) is 101 cm³/mol. The standard InChI is InChI=1S/C19H30N4O4/c1-13(2)16(23(18(25)26)19(3,4)5)17(24)22-10-6-14(7-11-22)27-15-12-20-8-9-21-15/h8-9,12-14,16H,6-7,10-11H2,1-5H3,(H,25,26)/t16-/m0/s1. The summed E-state index contributed by atoms with van der Waals surface area (Å²) in [5.74, 6) is 0.216. The van der Waals surface area contributed by atoms with Crippen molar-refractivity contribution in [2.75, 3.05) is 13.1 Å². The molecule has 1 aliphatic heterocycles. The molecule has 0 aromatic carbocycles. The molecule has 1 aromatic rings. The highest BCUT2D eigenvalue weighted by molar-refractivity contribution is 5.86. The first kappa shape index (κ1) is 20.9. The molecule has 8 nitrogen and oxygen atoms in total. The Morgan fingerprint density at radius 3 is 2.33 bits per heavy atom. The maximum absolute atomic E-state index is 13.2. The van der Waals surface area contributed by atoms with E-state index < -0.39 is 17.7 Å². The summed E-state index contributed by atoms with van der Waals surface area (Å²) in [5.41, 5.74) is -0.663. The third-order valence-corrected chi connectivity index (χ3v) is 4.67. The number of rotatable bonds is 5. The summed E-state index contributed by atoms with van der Waals surface area (Å²) in [6.45, 7) is 10.3. The number of aromatic nitrogens is 2. The quantitative estimate of drug-likeness (QED) is 0.846. The number of carbonyl (C=O) groups is 2. The van der Waals surface area contributed by atoms with Crippen LogP contribution in [0.15, 0.2) is 18.6 Å². The lowest BCUT2D eigenvalue weighted by Gasteiger charge is -2.43. The number of hydrogen-bond acceptors (Lipinski definition) is 5. The van der Waals surface area contributed by atoms with Crippen molar-refractivity contribution in [1.82, 2.24) is 19.8 Å². The molecular weight excluding hydrogens is 348 g/mol. The summed E-state index contributed by atoms with van der Waals surface area (Å²) in [7, 11) is 0. The molecule has 2 heterocycles. The van der Waals surface area contributed by atoms with Crippen LogP contribution in [-0.4, -0.2) is 67.6 Å². The molecule has 0 aliphatic carbocycles. The molecule has 0 saturated carbocycles. The van der Waals surface area contributed by atoms with Crippen LogP contribution in [0.3, 0.4) is 0 Å². The monoisotopic (exact) mass is 378 g/mol. The Bertz CT molecular complexity index is 637. The second-order valence-electron chi connectivity index (χ2n) is 8.20. The highest BCUT2D eigenvalue weighted by Gasteiger charge is 2.41. The number of hydrogen-bond donors (Lipinski definition) is 1. The lowest BCUT2D eigenvalue weighted by molar-refractivity contribution is -0.142. The van der Waals surface area contributed by atoms with Crippen molar-refractivity contribution in [2.24, 2.45) is 5.92 Å². The summed E-state index contributed by atoms with van der Waals surface area (Å²) in [4.78, 5) is 36.1. The molecular formula is C19H30N4O4. The topological polar surface area (TPSA) is 95.9 Å². The first-order chi connectivity index (χ1) is 12.6. The highest BCUT2D eigenvalue weighted by Crippen LogP contribution is 2.25. The zero-order valence-corrected chi connectivity index (χ0v) is 16.8. The smallest absolute Gasteiger partial charge is 0.408 e. The van der Waals surface area contributed by atoms with E-state index in [1.165, 1.54) is 4.90 Å². The van der Waals surface area contributed by atoms with Crippen molar-refractivity contribution in [3.8, 4) is 5.88 Å². The number of carboxylic acid groups (broad SMARTS) is 1. The maximum atomic E-state index is 13.2. The van der Waals surface area contributed by atoms with Gasteiger partial charge in [-0.3, -0.25) is 14.7 Å². The average Bonchev–Trinajstić information content (AvgIpc) is 2.59.